The molecule has 1 amide bonds. The number of benzene rings is 1. The van der Waals surface area contributed by atoms with Crippen LogP contribution in [-0.4, -0.2) is 23.7 Å². The van der Waals surface area contributed by atoms with Crippen molar-refractivity contribution in [1.29, 1.82) is 0 Å². The summed E-state index contributed by atoms with van der Waals surface area (Å²) in [5.41, 5.74) is -0.355. The molecule has 100 valence electrons. The highest BCUT2D eigenvalue weighted by molar-refractivity contribution is 6.30. The van der Waals surface area contributed by atoms with Gasteiger partial charge in [0.25, 0.3) is 5.91 Å². The van der Waals surface area contributed by atoms with E-state index in [9.17, 15) is 18.0 Å². The van der Waals surface area contributed by atoms with Crippen LogP contribution >= 0.6 is 0 Å². The minimum absolute atomic E-state index is 0.107. The molecule has 4 nitrogen and oxygen atoms in total. The number of carbonyl (C=O) groups is 1. The minimum Gasteiger partial charge on any atom is -0.346 e. The molecule has 2 rings (SSSR count). The molecule has 0 atom stereocenters. The zero-order valence-electron chi connectivity index (χ0n) is 10.0. The van der Waals surface area contributed by atoms with Gasteiger partial charge in [0.15, 0.2) is 17.3 Å². The lowest BCUT2D eigenvalue weighted by molar-refractivity contribution is 0.0940. The van der Waals surface area contributed by atoms with Gasteiger partial charge in [-0.1, -0.05) is 6.07 Å². The third-order valence-electron chi connectivity index (χ3n) is 2.40. The average Bonchev–Trinajstić information content (AvgIpc) is 2.42. The molecule has 20 heavy (non-hydrogen) atoms. The van der Waals surface area contributed by atoms with Crippen LogP contribution in [0.25, 0.3) is 0 Å². The molecule has 8 heteroatoms. The van der Waals surface area contributed by atoms with Gasteiger partial charge in [0, 0.05) is 18.3 Å². The zero-order chi connectivity index (χ0) is 14.7. The van der Waals surface area contributed by atoms with Gasteiger partial charge < -0.3 is 5.32 Å². The molecule has 0 spiro atoms. The van der Waals surface area contributed by atoms with Crippen LogP contribution in [0, 0.1) is 17.6 Å². The number of hydrogen-bond acceptors (Lipinski definition) is 3. The Morgan fingerprint density at radius 1 is 1.25 bits per heavy atom. The van der Waals surface area contributed by atoms with Crippen molar-refractivity contribution in [2.45, 2.75) is 6.54 Å². The minimum atomic E-state index is -1.07. The third-order valence-corrected chi connectivity index (χ3v) is 2.40. The summed E-state index contributed by atoms with van der Waals surface area (Å²) >= 11 is 0. The van der Waals surface area contributed by atoms with Gasteiger partial charge >= 0.3 is 0 Å². The van der Waals surface area contributed by atoms with E-state index in [1.54, 1.807) is 0 Å². The number of hydrogen-bond donors (Lipinski definition) is 1. The van der Waals surface area contributed by atoms with Gasteiger partial charge in [-0.3, -0.25) is 9.78 Å². The van der Waals surface area contributed by atoms with Crippen molar-refractivity contribution in [3.63, 3.8) is 0 Å². The summed E-state index contributed by atoms with van der Waals surface area (Å²) in [5.74, 6) is -3.95. The molecule has 0 bridgehead atoms. The lowest BCUT2D eigenvalue weighted by Crippen LogP contribution is -2.28. The van der Waals surface area contributed by atoms with Gasteiger partial charge in [-0.05, 0) is 17.7 Å². The van der Waals surface area contributed by atoms with Crippen molar-refractivity contribution in [2.75, 3.05) is 0 Å². The highest BCUT2D eigenvalue weighted by Crippen LogP contribution is 2.08. The summed E-state index contributed by atoms with van der Waals surface area (Å²) in [5, 5.41) is 2.30. The molecule has 0 unspecified atom stereocenters. The van der Waals surface area contributed by atoms with Crippen molar-refractivity contribution >= 4 is 19.3 Å². The van der Waals surface area contributed by atoms with Gasteiger partial charge in [0.2, 0.25) is 5.95 Å². The predicted octanol–water partition coefficient (Wildman–Crippen LogP) is 0.618. The molecule has 0 aliphatic carbocycles. The highest BCUT2D eigenvalue weighted by Gasteiger charge is 2.14. The second kappa shape index (κ2) is 5.73. The number of amides is 1. The highest BCUT2D eigenvalue weighted by atomic mass is 19.2. The van der Waals surface area contributed by atoms with E-state index in [2.05, 4.69) is 15.3 Å². The summed E-state index contributed by atoms with van der Waals surface area (Å²) in [6.45, 7) is -0.119. The molecule has 0 fully saturated rings. The Morgan fingerprint density at radius 2 is 2.00 bits per heavy atom. The van der Waals surface area contributed by atoms with Crippen LogP contribution in [0.2, 0.25) is 0 Å². The van der Waals surface area contributed by atoms with Crippen molar-refractivity contribution in [2.24, 2.45) is 0 Å². The quantitative estimate of drug-likeness (QED) is 0.837. The Kier molecular flexibility index (Phi) is 4.02. The van der Waals surface area contributed by atoms with E-state index in [0.717, 1.165) is 18.3 Å². The van der Waals surface area contributed by atoms with Crippen molar-refractivity contribution < 1.29 is 18.0 Å². The lowest BCUT2D eigenvalue weighted by Gasteiger charge is -2.06. The van der Waals surface area contributed by atoms with E-state index in [1.165, 1.54) is 6.07 Å². The first-order valence-electron chi connectivity index (χ1n) is 5.47. The van der Waals surface area contributed by atoms with Crippen LogP contribution in [0.5, 0.6) is 0 Å². The van der Waals surface area contributed by atoms with Gasteiger partial charge in [-0.25, -0.2) is 13.8 Å². The molecule has 0 saturated heterocycles. The Morgan fingerprint density at radius 3 is 2.70 bits per heavy atom. The Labute approximate surface area is 113 Å². The van der Waals surface area contributed by atoms with Crippen LogP contribution in [0.1, 0.15) is 16.1 Å². The zero-order valence-corrected chi connectivity index (χ0v) is 10.0. The van der Waals surface area contributed by atoms with Gasteiger partial charge in [-0.2, -0.15) is 4.39 Å². The molecule has 1 N–H and O–H groups in total. The maximum Gasteiger partial charge on any atom is 0.274 e. The normalized spacial score (nSPS) is 10.3. The SMILES string of the molecule is [B]c1cnc(F)c(C(=O)NCc2ccc(F)c(F)c2)n1. The summed E-state index contributed by atoms with van der Waals surface area (Å²) in [6.07, 6.45) is 0.974. The number of carbonyl (C=O) groups excluding carboxylic acids is 1. The standard InChI is InChI=1S/C12H7BF3N3O/c13-9-5-17-11(16)10(19-9)12(20)18-4-6-1-2-7(14)8(15)3-6/h1-3,5H,4H2,(H,18,20). The van der Waals surface area contributed by atoms with Crippen molar-refractivity contribution in [1.82, 2.24) is 15.3 Å². The van der Waals surface area contributed by atoms with E-state index in [4.69, 9.17) is 7.85 Å². The Balaban J connectivity index is 2.08. The van der Waals surface area contributed by atoms with Crippen LogP contribution in [0.3, 0.4) is 0 Å². The molecular formula is C12H7BF3N3O. The third kappa shape index (κ3) is 3.14. The summed E-state index contributed by atoms with van der Waals surface area (Å²) < 4.78 is 38.9. The molecule has 2 radical (unpaired) electrons. The second-order valence-electron chi connectivity index (χ2n) is 3.87. The summed E-state index contributed by atoms with van der Waals surface area (Å²) in [6, 6.07) is 3.15. The number of aromatic nitrogens is 2. The summed E-state index contributed by atoms with van der Waals surface area (Å²) in [7, 11) is 5.30. The first-order valence-corrected chi connectivity index (χ1v) is 5.47. The summed E-state index contributed by atoms with van der Waals surface area (Å²) in [4.78, 5) is 18.4. The van der Waals surface area contributed by atoms with Crippen LogP contribution in [0.15, 0.2) is 24.4 Å². The average molecular weight is 277 g/mol. The van der Waals surface area contributed by atoms with E-state index in [-0.39, 0.29) is 12.1 Å². The molecule has 0 aliphatic heterocycles. The first-order chi connectivity index (χ1) is 9.47. The van der Waals surface area contributed by atoms with Crippen LogP contribution in [-0.2, 0) is 6.54 Å². The van der Waals surface area contributed by atoms with E-state index in [0.29, 0.717) is 5.56 Å². The fraction of sp³-hybridized carbons (Fsp3) is 0.0833. The fourth-order valence-corrected chi connectivity index (χ4v) is 1.45. The van der Waals surface area contributed by atoms with Gasteiger partial charge in [0.05, 0.1) is 0 Å². The largest absolute Gasteiger partial charge is 0.346 e. The number of rotatable bonds is 3. The van der Waals surface area contributed by atoms with Gasteiger partial charge in [-0.15, -0.1) is 0 Å². The fourth-order valence-electron chi connectivity index (χ4n) is 1.45. The van der Waals surface area contributed by atoms with Crippen molar-refractivity contribution in [3.8, 4) is 0 Å². The van der Waals surface area contributed by atoms with Crippen LogP contribution in [0.4, 0.5) is 13.2 Å². The first kappa shape index (κ1) is 14.0. The monoisotopic (exact) mass is 277 g/mol. The molecule has 1 heterocycles. The Hall–Kier alpha value is -2.38. The molecule has 0 saturated carbocycles. The molecular weight excluding hydrogens is 270 g/mol. The second-order valence-corrected chi connectivity index (χ2v) is 3.87. The molecule has 1 aromatic heterocycles. The smallest absolute Gasteiger partial charge is 0.274 e. The van der Waals surface area contributed by atoms with Crippen molar-refractivity contribution in [3.05, 3.63) is 53.2 Å². The maximum absolute atomic E-state index is 13.3. The topological polar surface area (TPSA) is 54.9 Å². The van der Waals surface area contributed by atoms with Gasteiger partial charge in [0.1, 0.15) is 7.85 Å². The number of nitrogens with one attached hydrogen (secondary N) is 1. The number of halogens is 3. The van der Waals surface area contributed by atoms with E-state index >= 15 is 0 Å². The Bertz CT molecular complexity index is 666. The van der Waals surface area contributed by atoms with Crippen LogP contribution < -0.4 is 10.9 Å². The maximum atomic E-state index is 13.3. The van der Waals surface area contributed by atoms with E-state index in [1.807, 2.05) is 0 Å². The number of nitrogens with zero attached hydrogens (tertiary/aromatic N) is 2. The lowest BCUT2D eigenvalue weighted by atomic mass is 10.1. The van der Waals surface area contributed by atoms with E-state index < -0.39 is 29.2 Å². The predicted molar refractivity (Wildman–Crippen MR) is 64.9 cm³/mol. The molecule has 1 aromatic carbocycles. The molecule has 2 aromatic rings. The molecule has 0 aliphatic rings.